The van der Waals surface area contributed by atoms with E-state index in [1.807, 2.05) is 20.8 Å². The van der Waals surface area contributed by atoms with Gasteiger partial charge < -0.3 is 20.9 Å². The van der Waals surface area contributed by atoms with Crippen LogP contribution in [-0.2, 0) is 24.0 Å². The van der Waals surface area contributed by atoms with Crippen LogP contribution < -0.4 is 16.0 Å². The van der Waals surface area contributed by atoms with Crippen LogP contribution in [-0.4, -0.2) is 65.5 Å². The standard InChI is InChI=1S/C27H40N4O5/c1-7-18(32)17(12-15-10-11-28-22(15)33)29-24(35)20-19-16(27(19,5)6)13-31(20)25(36)21(26(2,3)4)30-23(34)14-8-9-14/h7,14-17,19-21H,1,8-13H2,2-6H3,(H,28,33)(H,29,35)(H,30,34)/t15-,16-,17-,19-,20-,21+/m0/s1. The molecule has 4 rings (SSSR count). The molecule has 4 amide bonds. The fourth-order valence-corrected chi connectivity index (χ4v) is 6.03. The Morgan fingerprint density at radius 2 is 1.81 bits per heavy atom. The molecule has 0 aromatic rings. The number of likely N-dealkylation sites (tertiary alicyclic amines) is 1. The highest BCUT2D eigenvalue weighted by Gasteiger charge is 2.70. The average molecular weight is 501 g/mol. The Hall–Kier alpha value is -2.71. The number of carbonyl (C=O) groups excluding carboxylic acids is 5. The van der Waals surface area contributed by atoms with Crippen molar-refractivity contribution < 1.29 is 24.0 Å². The van der Waals surface area contributed by atoms with E-state index in [9.17, 15) is 24.0 Å². The van der Waals surface area contributed by atoms with Gasteiger partial charge in [0.15, 0.2) is 5.78 Å². The summed E-state index contributed by atoms with van der Waals surface area (Å²) in [5.41, 5.74) is -0.640. The largest absolute Gasteiger partial charge is 0.356 e. The summed E-state index contributed by atoms with van der Waals surface area (Å²) in [6.07, 6.45) is 3.64. The lowest BCUT2D eigenvalue weighted by Crippen LogP contribution is -2.60. The number of hydrogen-bond acceptors (Lipinski definition) is 5. The van der Waals surface area contributed by atoms with Gasteiger partial charge in [-0.05, 0) is 54.4 Å². The number of amides is 4. The molecule has 2 aliphatic heterocycles. The lowest BCUT2D eigenvalue weighted by Gasteiger charge is -2.38. The molecule has 0 unspecified atom stereocenters. The minimum atomic E-state index is -0.880. The second-order valence-electron chi connectivity index (χ2n) is 12.7. The van der Waals surface area contributed by atoms with Crippen molar-refractivity contribution in [2.75, 3.05) is 13.1 Å². The van der Waals surface area contributed by atoms with E-state index in [4.69, 9.17) is 0 Å². The van der Waals surface area contributed by atoms with Crippen LogP contribution in [0.2, 0.25) is 0 Å². The van der Waals surface area contributed by atoms with Gasteiger partial charge in [0.1, 0.15) is 12.1 Å². The molecular weight excluding hydrogens is 460 g/mol. The maximum Gasteiger partial charge on any atom is 0.246 e. The Kier molecular flexibility index (Phi) is 6.81. The Morgan fingerprint density at radius 1 is 1.14 bits per heavy atom. The number of fused-ring (bicyclic) bond motifs is 1. The van der Waals surface area contributed by atoms with E-state index < -0.39 is 23.5 Å². The Morgan fingerprint density at radius 3 is 2.33 bits per heavy atom. The normalized spacial score (nSPS) is 30.0. The highest BCUT2D eigenvalue weighted by Crippen LogP contribution is 2.65. The van der Waals surface area contributed by atoms with E-state index >= 15 is 0 Å². The first-order chi connectivity index (χ1) is 16.8. The molecule has 0 bridgehead atoms. The van der Waals surface area contributed by atoms with E-state index in [1.54, 1.807) is 4.90 Å². The molecule has 9 nitrogen and oxygen atoms in total. The maximum atomic E-state index is 13.9. The third-order valence-corrected chi connectivity index (χ3v) is 8.65. The average Bonchev–Trinajstić information content (AvgIpc) is 3.61. The predicted molar refractivity (Wildman–Crippen MR) is 133 cm³/mol. The molecule has 0 spiro atoms. The van der Waals surface area contributed by atoms with Crippen LogP contribution in [0, 0.1) is 34.5 Å². The second-order valence-corrected chi connectivity index (χ2v) is 12.7. The first-order valence-electron chi connectivity index (χ1n) is 13.1. The van der Waals surface area contributed by atoms with Gasteiger partial charge >= 0.3 is 0 Å². The van der Waals surface area contributed by atoms with E-state index in [1.165, 1.54) is 6.08 Å². The van der Waals surface area contributed by atoms with E-state index in [0.29, 0.717) is 19.5 Å². The van der Waals surface area contributed by atoms with Crippen LogP contribution in [0.25, 0.3) is 0 Å². The minimum absolute atomic E-state index is 0.0320. The molecule has 6 atom stereocenters. The molecule has 0 radical (unpaired) electrons. The van der Waals surface area contributed by atoms with Gasteiger partial charge in [0.25, 0.3) is 0 Å². The molecule has 2 aliphatic carbocycles. The molecule has 9 heteroatoms. The molecule has 2 saturated heterocycles. The van der Waals surface area contributed by atoms with Crippen molar-refractivity contribution in [2.24, 2.45) is 34.5 Å². The molecule has 4 fully saturated rings. The lowest BCUT2D eigenvalue weighted by atomic mass is 9.85. The number of nitrogens with zero attached hydrogens (tertiary/aromatic N) is 1. The van der Waals surface area contributed by atoms with Gasteiger partial charge in [-0.25, -0.2) is 0 Å². The number of hydrogen-bond donors (Lipinski definition) is 3. The van der Waals surface area contributed by atoms with Gasteiger partial charge in [0.2, 0.25) is 23.6 Å². The second kappa shape index (κ2) is 9.30. The number of nitrogens with one attached hydrogen (secondary N) is 3. The van der Waals surface area contributed by atoms with Crippen molar-refractivity contribution in [1.29, 1.82) is 0 Å². The van der Waals surface area contributed by atoms with Crippen molar-refractivity contribution in [1.82, 2.24) is 20.9 Å². The first kappa shape index (κ1) is 26.4. The minimum Gasteiger partial charge on any atom is -0.356 e. The third kappa shape index (κ3) is 4.93. The molecule has 3 N–H and O–H groups in total. The highest BCUT2D eigenvalue weighted by atomic mass is 16.2. The van der Waals surface area contributed by atoms with Crippen molar-refractivity contribution in [2.45, 2.75) is 78.4 Å². The Labute approximate surface area is 213 Å². The summed E-state index contributed by atoms with van der Waals surface area (Å²) >= 11 is 0. The molecule has 4 aliphatic rings. The zero-order valence-corrected chi connectivity index (χ0v) is 22.1. The zero-order valence-electron chi connectivity index (χ0n) is 22.1. The van der Waals surface area contributed by atoms with E-state index in [2.05, 4.69) is 36.4 Å². The number of carbonyl (C=O) groups is 5. The lowest BCUT2D eigenvalue weighted by molar-refractivity contribution is -0.146. The highest BCUT2D eigenvalue weighted by molar-refractivity contribution is 5.99. The topological polar surface area (TPSA) is 125 Å². The third-order valence-electron chi connectivity index (χ3n) is 8.65. The molecule has 0 aromatic carbocycles. The summed E-state index contributed by atoms with van der Waals surface area (Å²) < 4.78 is 0. The molecule has 198 valence electrons. The Bertz CT molecular complexity index is 979. The molecule has 0 aromatic heterocycles. The molecule has 2 saturated carbocycles. The Balaban J connectivity index is 1.54. The number of piperidine rings is 1. The van der Waals surface area contributed by atoms with Crippen LogP contribution in [0.3, 0.4) is 0 Å². The van der Waals surface area contributed by atoms with Crippen molar-refractivity contribution in [3.63, 3.8) is 0 Å². The van der Waals surface area contributed by atoms with Crippen LogP contribution in [0.5, 0.6) is 0 Å². The van der Waals surface area contributed by atoms with E-state index in [-0.39, 0.29) is 64.9 Å². The summed E-state index contributed by atoms with van der Waals surface area (Å²) in [5.74, 6) is -1.48. The first-order valence-corrected chi connectivity index (χ1v) is 13.1. The quantitative estimate of drug-likeness (QED) is 0.410. The maximum absolute atomic E-state index is 13.9. The van der Waals surface area contributed by atoms with Crippen LogP contribution >= 0.6 is 0 Å². The van der Waals surface area contributed by atoms with Crippen LogP contribution in [0.4, 0.5) is 0 Å². The summed E-state index contributed by atoms with van der Waals surface area (Å²) in [6, 6.07) is -2.37. The summed E-state index contributed by atoms with van der Waals surface area (Å²) in [6.45, 7) is 14.5. The van der Waals surface area contributed by atoms with Crippen LogP contribution in [0.1, 0.15) is 60.3 Å². The fourth-order valence-electron chi connectivity index (χ4n) is 6.03. The van der Waals surface area contributed by atoms with Gasteiger partial charge in [-0.15, -0.1) is 0 Å². The van der Waals surface area contributed by atoms with Gasteiger partial charge in [-0.1, -0.05) is 41.2 Å². The van der Waals surface area contributed by atoms with Crippen LogP contribution in [0.15, 0.2) is 12.7 Å². The fraction of sp³-hybridized carbons (Fsp3) is 0.741. The van der Waals surface area contributed by atoms with Crippen molar-refractivity contribution in [3.05, 3.63) is 12.7 Å². The molecule has 2 heterocycles. The number of rotatable bonds is 9. The summed E-state index contributed by atoms with van der Waals surface area (Å²) in [4.78, 5) is 66.5. The van der Waals surface area contributed by atoms with E-state index in [0.717, 1.165) is 12.8 Å². The van der Waals surface area contributed by atoms with Crippen molar-refractivity contribution in [3.8, 4) is 0 Å². The van der Waals surface area contributed by atoms with Gasteiger partial charge in [0, 0.05) is 24.9 Å². The predicted octanol–water partition coefficient (Wildman–Crippen LogP) is 1.18. The monoisotopic (exact) mass is 500 g/mol. The van der Waals surface area contributed by atoms with Gasteiger partial charge in [-0.2, -0.15) is 0 Å². The van der Waals surface area contributed by atoms with Gasteiger partial charge in [-0.3, -0.25) is 24.0 Å². The SMILES string of the molecule is C=CC(=O)[C@H](C[C@@H]1CCNC1=O)NC(=O)[C@@H]1[C@@H]2[C@H](CN1C(=O)[C@@H](NC(=O)C1CC1)C(C)(C)C)C2(C)C. The summed E-state index contributed by atoms with van der Waals surface area (Å²) in [5, 5.41) is 8.58. The number of ketones is 1. The molecular formula is C27H40N4O5. The van der Waals surface area contributed by atoms with Gasteiger partial charge in [0.05, 0.1) is 6.04 Å². The summed E-state index contributed by atoms with van der Waals surface area (Å²) in [7, 11) is 0. The smallest absolute Gasteiger partial charge is 0.246 e. The molecule has 36 heavy (non-hydrogen) atoms. The zero-order chi connectivity index (χ0) is 26.6. The van der Waals surface area contributed by atoms with Crippen molar-refractivity contribution >= 4 is 29.4 Å².